The van der Waals surface area contributed by atoms with Crippen molar-refractivity contribution in [2.45, 2.75) is 59.7 Å². The maximum absolute atomic E-state index is 6.54. The molecule has 0 unspecified atom stereocenters. The fourth-order valence-corrected chi connectivity index (χ4v) is 1.96. The Labute approximate surface area is 95.1 Å². The molecule has 82 valence electrons. The molecule has 0 aliphatic carbocycles. The Hall–Kier alpha value is 0.0949. The molecule has 0 aliphatic heterocycles. The van der Waals surface area contributed by atoms with Gasteiger partial charge in [-0.25, -0.2) is 0 Å². The predicted molar refractivity (Wildman–Crippen MR) is 69.2 cm³/mol. The molecule has 0 atom stereocenters. The van der Waals surface area contributed by atoms with Gasteiger partial charge in [-0.3, -0.25) is 0 Å². The van der Waals surface area contributed by atoms with Gasteiger partial charge in [0, 0.05) is 0 Å². The van der Waals surface area contributed by atoms with Crippen molar-refractivity contribution in [1.82, 2.24) is 0 Å². The number of hydrogen-bond acceptors (Lipinski definition) is 0. The van der Waals surface area contributed by atoms with Gasteiger partial charge in [-0.2, -0.15) is 11.5 Å². The Bertz CT molecular complexity index is 194. The summed E-state index contributed by atoms with van der Waals surface area (Å²) in [4.78, 5) is 0. The lowest BCUT2D eigenvalue weighted by molar-refractivity contribution is 0.472. The minimum Gasteiger partial charge on any atom is -0.189 e. The van der Waals surface area contributed by atoms with Gasteiger partial charge in [0.1, 0.15) is 0 Å². The molecule has 0 aromatic rings. The molecule has 0 heterocycles. The van der Waals surface area contributed by atoms with Crippen molar-refractivity contribution in [2.24, 2.45) is 5.92 Å². The van der Waals surface area contributed by atoms with Crippen molar-refractivity contribution in [2.75, 3.05) is 0 Å². The summed E-state index contributed by atoms with van der Waals surface area (Å²) in [6.07, 6.45) is 4.60. The number of hydrogen-bond donors (Lipinski definition) is 0. The van der Waals surface area contributed by atoms with E-state index < -0.39 is 0 Å². The summed E-state index contributed by atoms with van der Waals surface area (Å²) in [5.41, 5.74) is 1.40. The number of allylic oxidation sites excluding steroid dienone is 2. The van der Waals surface area contributed by atoms with Gasteiger partial charge < -0.3 is 0 Å². The molecule has 0 bridgehead atoms. The fraction of sp³-hybridized carbons (Fsp3) is 0.833. The van der Waals surface area contributed by atoms with Crippen LogP contribution in [0, 0.1) is 5.92 Å². The summed E-state index contributed by atoms with van der Waals surface area (Å²) >= 11 is 6.54. The molecule has 0 radical (unpaired) electrons. The van der Waals surface area contributed by atoms with Crippen LogP contribution in [-0.2, 0) is 0 Å². The largest absolute Gasteiger partial charge is 0.284 e. The lowest BCUT2D eigenvalue weighted by Gasteiger charge is -2.33. The Morgan fingerprint density at radius 2 is 1.86 bits per heavy atom. The molecule has 0 aliphatic rings. The maximum Gasteiger partial charge on any atom is 0.284 e. The monoisotopic (exact) mass is 214 g/mol. The Morgan fingerprint density at radius 3 is 2.14 bits per heavy atom. The second-order valence-corrected chi connectivity index (χ2v) is 5.32. The van der Waals surface area contributed by atoms with Crippen LogP contribution in [0.1, 0.15) is 54.4 Å². The van der Waals surface area contributed by atoms with E-state index in [1.165, 1.54) is 5.47 Å². The third kappa shape index (κ3) is 3.35. The molecule has 0 nitrogen and oxygen atoms in total. The van der Waals surface area contributed by atoms with Crippen LogP contribution in [0.2, 0.25) is 5.31 Å². The van der Waals surface area contributed by atoms with Crippen LogP contribution in [0.5, 0.6) is 0 Å². The quantitative estimate of drug-likeness (QED) is 0.569. The molecule has 14 heavy (non-hydrogen) atoms. The van der Waals surface area contributed by atoms with E-state index in [-0.39, 0.29) is 11.4 Å². The first kappa shape index (κ1) is 14.1. The summed E-state index contributed by atoms with van der Waals surface area (Å²) in [5.74, 6) is 0.608. The molecule has 0 aromatic heterocycles. The highest BCUT2D eigenvalue weighted by Crippen LogP contribution is 2.42. The molecular formula is C12H24BCl. The molecule has 0 saturated heterocycles. The van der Waals surface area contributed by atoms with E-state index in [0.29, 0.717) is 5.92 Å². The van der Waals surface area contributed by atoms with Gasteiger partial charge in [-0.05, 0) is 24.1 Å². The van der Waals surface area contributed by atoms with Crippen molar-refractivity contribution in [3.05, 3.63) is 11.5 Å². The molecule has 0 fully saturated rings. The zero-order valence-electron chi connectivity index (χ0n) is 10.5. The molecule has 2 heteroatoms. The van der Waals surface area contributed by atoms with E-state index in [1.54, 1.807) is 0 Å². The molecular weight excluding hydrogens is 190 g/mol. The first-order valence-electron chi connectivity index (χ1n) is 5.70. The highest BCUT2D eigenvalue weighted by molar-refractivity contribution is 7.12. The first-order valence-corrected chi connectivity index (χ1v) is 6.14. The zero-order valence-corrected chi connectivity index (χ0v) is 11.3. The van der Waals surface area contributed by atoms with Gasteiger partial charge >= 0.3 is 0 Å². The van der Waals surface area contributed by atoms with E-state index in [1.807, 2.05) is 0 Å². The van der Waals surface area contributed by atoms with Gasteiger partial charge in [0.15, 0.2) is 0 Å². The highest BCUT2D eigenvalue weighted by Gasteiger charge is 2.36. The molecule has 0 saturated carbocycles. The van der Waals surface area contributed by atoms with Crippen molar-refractivity contribution in [1.29, 1.82) is 0 Å². The normalized spacial score (nSPS) is 13.6. The summed E-state index contributed by atoms with van der Waals surface area (Å²) < 4.78 is 0. The average Bonchev–Trinajstić information content (AvgIpc) is 2.12. The lowest BCUT2D eigenvalue weighted by Crippen LogP contribution is -2.29. The SMILES string of the molecule is CC/C=C(\CC)B(Cl)C(C)(C)C(C)C. The zero-order chi connectivity index (χ0) is 11.4. The van der Waals surface area contributed by atoms with Gasteiger partial charge in [-0.15, -0.1) is 0 Å². The molecule has 0 N–H and O–H groups in total. The van der Waals surface area contributed by atoms with E-state index in [2.05, 4.69) is 47.6 Å². The van der Waals surface area contributed by atoms with E-state index in [0.717, 1.165) is 12.8 Å². The van der Waals surface area contributed by atoms with Crippen molar-refractivity contribution in [3.8, 4) is 0 Å². The van der Waals surface area contributed by atoms with Crippen molar-refractivity contribution < 1.29 is 0 Å². The third-order valence-corrected chi connectivity index (χ3v) is 4.18. The molecule has 0 aromatic carbocycles. The van der Waals surface area contributed by atoms with Gasteiger partial charge in [0.05, 0.1) is 0 Å². The van der Waals surface area contributed by atoms with E-state index in [9.17, 15) is 0 Å². The minimum atomic E-state index is 0.174. The van der Waals surface area contributed by atoms with Gasteiger partial charge in [-0.1, -0.05) is 53.1 Å². The van der Waals surface area contributed by atoms with E-state index >= 15 is 0 Å². The molecule has 0 rings (SSSR count). The summed E-state index contributed by atoms with van der Waals surface area (Å²) in [5, 5.41) is 0.179. The standard InChI is InChI=1S/C12H24BCl/c1-7-9-11(8-2)13(14)12(5,6)10(3)4/h9-10H,7-8H2,1-6H3/b11-9+. The predicted octanol–water partition coefficient (Wildman–Crippen LogP) is 4.94. The first-order chi connectivity index (χ1) is 6.37. The number of rotatable bonds is 5. The summed E-state index contributed by atoms with van der Waals surface area (Å²) in [7, 11) is 0. The Morgan fingerprint density at radius 1 is 1.36 bits per heavy atom. The maximum atomic E-state index is 6.54. The topological polar surface area (TPSA) is 0 Å². The fourth-order valence-electron chi connectivity index (χ4n) is 1.46. The summed E-state index contributed by atoms with van der Waals surface area (Å²) in [6.45, 7) is 13.4. The lowest BCUT2D eigenvalue weighted by atomic mass is 9.44. The van der Waals surface area contributed by atoms with Crippen LogP contribution in [0.3, 0.4) is 0 Å². The second kappa shape index (κ2) is 5.85. The van der Waals surface area contributed by atoms with Crippen LogP contribution in [-0.4, -0.2) is 6.13 Å². The molecule has 0 spiro atoms. The van der Waals surface area contributed by atoms with Crippen LogP contribution >= 0.6 is 11.5 Å². The average molecular weight is 215 g/mol. The smallest absolute Gasteiger partial charge is 0.189 e. The van der Waals surface area contributed by atoms with Crippen LogP contribution in [0.4, 0.5) is 0 Å². The Kier molecular flexibility index (Phi) is 5.89. The van der Waals surface area contributed by atoms with Gasteiger partial charge in [0.25, 0.3) is 6.13 Å². The third-order valence-electron chi connectivity index (χ3n) is 3.34. The van der Waals surface area contributed by atoms with Crippen LogP contribution < -0.4 is 0 Å². The van der Waals surface area contributed by atoms with Crippen molar-refractivity contribution in [3.63, 3.8) is 0 Å². The van der Waals surface area contributed by atoms with Gasteiger partial charge in [0.2, 0.25) is 0 Å². The minimum absolute atomic E-state index is 0.174. The summed E-state index contributed by atoms with van der Waals surface area (Å²) in [6, 6.07) is 0. The van der Waals surface area contributed by atoms with Crippen LogP contribution in [0.25, 0.3) is 0 Å². The van der Waals surface area contributed by atoms with E-state index in [4.69, 9.17) is 11.5 Å². The van der Waals surface area contributed by atoms with Crippen LogP contribution in [0.15, 0.2) is 11.5 Å². The highest BCUT2D eigenvalue weighted by atomic mass is 35.5. The van der Waals surface area contributed by atoms with Crippen molar-refractivity contribution >= 4 is 17.6 Å². The second-order valence-electron chi connectivity index (χ2n) is 4.88. The Balaban J connectivity index is 4.73. The number of halogens is 1. The molecule has 0 amide bonds.